The third-order valence-electron chi connectivity index (χ3n) is 6.30. The van der Waals surface area contributed by atoms with Crippen LogP contribution in [0.2, 0.25) is 5.15 Å². The summed E-state index contributed by atoms with van der Waals surface area (Å²) in [6.45, 7) is 0. The van der Waals surface area contributed by atoms with Crippen LogP contribution in [0.1, 0.15) is 21.3 Å². The highest BCUT2D eigenvalue weighted by molar-refractivity contribution is 8.24. The predicted molar refractivity (Wildman–Crippen MR) is 203 cm³/mol. The quantitative estimate of drug-likeness (QED) is 0.101. The number of imide groups is 2. The lowest BCUT2D eigenvalue weighted by molar-refractivity contribution is -0.126. The van der Waals surface area contributed by atoms with E-state index in [2.05, 4.69) is 33.7 Å². The lowest BCUT2D eigenvalue weighted by atomic mass is 10.2. The predicted octanol–water partition coefficient (Wildman–Crippen LogP) is 8.48. The van der Waals surface area contributed by atoms with E-state index < -0.39 is 34.3 Å². The molecule has 4 amide bonds. The molecule has 2 N–H and O–H groups in total. The molecular weight excluding hydrogens is 749 g/mol. The summed E-state index contributed by atoms with van der Waals surface area (Å²) in [6, 6.07) is 35.5. The van der Waals surface area contributed by atoms with Crippen molar-refractivity contribution < 1.29 is 24.4 Å². The van der Waals surface area contributed by atoms with Gasteiger partial charge in [-0.2, -0.15) is 0 Å². The number of halogens is 4. The molecule has 4 aromatic carbocycles. The SMILES string of the molecule is C.C.O.O=C1CC(=O)N(c2ccccc2)C(=O)N1c1ccccc1.O=P(Cl)(Cl)Cl.O=c1cc(Cl)n(-c2ccccc2)c(=O)n1-c1ccccc1. The Hall–Kier alpha value is -4.48. The van der Waals surface area contributed by atoms with Crippen molar-refractivity contribution in [3.8, 4) is 11.4 Å². The van der Waals surface area contributed by atoms with E-state index in [-0.39, 0.29) is 31.9 Å². The van der Waals surface area contributed by atoms with Gasteiger partial charge < -0.3 is 5.48 Å². The van der Waals surface area contributed by atoms with Crippen molar-refractivity contribution in [2.24, 2.45) is 0 Å². The number of amides is 4. The fourth-order valence-electron chi connectivity index (χ4n) is 4.41. The van der Waals surface area contributed by atoms with Crippen LogP contribution >= 0.6 is 50.5 Å². The number of carbonyl (C=O) groups excluding carboxylic acids is 3. The number of benzene rings is 4. The molecule has 0 spiro atoms. The van der Waals surface area contributed by atoms with Crippen LogP contribution in [-0.2, 0) is 14.2 Å². The lowest BCUT2D eigenvalue weighted by Crippen LogP contribution is -2.55. The van der Waals surface area contributed by atoms with Gasteiger partial charge in [0, 0.05) is 6.07 Å². The Morgan fingerprint density at radius 1 is 0.520 bits per heavy atom. The van der Waals surface area contributed by atoms with E-state index in [0.717, 1.165) is 14.4 Å². The normalized spacial score (nSPS) is 12.1. The second-order valence-corrected chi connectivity index (χ2v) is 16.4. The van der Waals surface area contributed by atoms with Crippen LogP contribution in [0.5, 0.6) is 0 Å². The minimum Gasteiger partial charge on any atom is -0.412 e. The van der Waals surface area contributed by atoms with Crippen LogP contribution in [0.3, 0.4) is 0 Å². The molecule has 0 atom stereocenters. The van der Waals surface area contributed by atoms with Gasteiger partial charge in [-0.3, -0.25) is 23.5 Å². The molecule has 0 radical (unpaired) electrons. The highest BCUT2D eigenvalue weighted by Crippen LogP contribution is 2.61. The molecular formula is C34H33Cl4N4O7P. The molecule has 0 aliphatic carbocycles. The Kier molecular flexibility index (Phi) is 17.1. The van der Waals surface area contributed by atoms with Crippen LogP contribution in [0.25, 0.3) is 11.4 Å². The van der Waals surface area contributed by atoms with Gasteiger partial charge in [0.25, 0.3) is 5.56 Å². The van der Waals surface area contributed by atoms with E-state index in [9.17, 15) is 28.5 Å². The Balaban J connectivity index is 0.000000419. The third-order valence-corrected chi connectivity index (χ3v) is 6.58. The van der Waals surface area contributed by atoms with Gasteiger partial charge in [0.1, 0.15) is 11.6 Å². The first-order chi connectivity index (χ1) is 22.4. The van der Waals surface area contributed by atoms with Crippen molar-refractivity contribution in [2.75, 3.05) is 9.80 Å². The van der Waals surface area contributed by atoms with Crippen molar-refractivity contribution in [3.63, 3.8) is 0 Å². The maximum Gasteiger partial charge on any atom is 0.342 e. The molecule has 1 saturated heterocycles. The number of rotatable bonds is 4. The van der Waals surface area contributed by atoms with Crippen LogP contribution < -0.4 is 21.0 Å². The van der Waals surface area contributed by atoms with Gasteiger partial charge in [0.15, 0.2) is 0 Å². The number of nitrogens with zero attached hydrogens (tertiary/aromatic N) is 4. The van der Waals surface area contributed by atoms with Gasteiger partial charge in [-0.05, 0) is 82.3 Å². The maximum atomic E-state index is 12.7. The highest BCUT2D eigenvalue weighted by Gasteiger charge is 2.39. The fourth-order valence-corrected chi connectivity index (χ4v) is 4.67. The summed E-state index contributed by atoms with van der Waals surface area (Å²) in [6.07, 6.45) is -0.324. The Morgan fingerprint density at radius 3 is 1.16 bits per heavy atom. The number of barbiturate groups is 1. The molecule has 1 aromatic heterocycles. The van der Waals surface area contributed by atoms with E-state index in [4.69, 9.17) is 11.6 Å². The first kappa shape index (κ1) is 43.5. The van der Waals surface area contributed by atoms with Crippen LogP contribution in [0, 0.1) is 0 Å². The first-order valence-electron chi connectivity index (χ1n) is 13.5. The molecule has 16 heteroatoms. The molecule has 0 saturated carbocycles. The summed E-state index contributed by atoms with van der Waals surface area (Å²) >= 11 is 19.9. The second-order valence-electron chi connectivity index (χ2n) is 9.42. The third kappa shape index (κ3) is 11.3. The minimum atomic E-state index is -3.22. The summed E-state index contributed by atoms with van der Waals surface area (Å²) in [4.78, 5) is 63.5. The van der Waals surface area contributed by atoms with Crippen molar-refractivity contribution in [2.45, 2.75) is 21.3 Å². The molecule has 50 heavy (non-hydrogen) atoms. The fraction of sp³-hybridized carbons (Fsp3) is 0.0882. The average molecular weight is 782 g/mol. The number of para-hydroxylation sites is 4. The number of carbonyl (C=O) groups is 3. The zero-order valence-corrected chi connectivity index (χ0v) is 28.4. The monoisotopic (exact) mass is 780 g/mol. The van der Waals surface area contributed by atoms with Gasteiger partial charge in [-0.1, -0.05) is 99.3 Å². The first-order valence-corrected chi connectivity index (χ1v) is 18.3. The van der Waals surface area contributed by atoms with Crippen molar-refractivity contribution in [3.05, 3.63) is 153 Å². The summed E-state index contributed by atoms with van der Waals surface area (Å²) < 4.78 is 11.9. The zero-order valence-electron chi connectivity index (χ0n) is 24.5. The molecule has 264 valence electrons. The van der Waals surface area contributed by atoms with E-state index in [0.29, 0.717) is 22.7 Å². The molecule has 1 aliphatic heterocycles. The number of hydrogen-bond donors (Lipinski definition) is 0. The summed E-state index contributed by atoms with van der Waals surface area (Å²) in [5.74, 6) is -1.02. The van der Waals surface area contributed by atoms with E-state index in [1.165, 1.54) is 10.6 Å². The van der Waals surface area contributed by atoms with Gasteiger partial charge in [0.2, 0.25) is 11.8 Å². The number of hydrogen-bond acceptors (Lipinski definition) is 6. The molecule has 11 nitrogen and oxygen atoms in total. The topological polar surface area (TPSA) is 150 Å². The Bertz CT molecular complexity index is 1980. The molecule has 1 aliphatic rings. The largest absolute Gasteiger partial charge is 0.412 e. The summed E-state index contributed by atoms with van der Waals surface area (Å²) in [7, 11) is 0. The smallest absolute Gasteiger partial charge is 0.342 e. The van der Waals surface area contributed by atoms with E-state index >= 15 is 0 Å². The minimum absolute atomic E-state index is 0. The van der Waals surface area contributed by atoms with Crippen molar-refractivity contribution in [1.82, 2.24) is 9.13 Å². The van der Waals surface area contributed by atoms with Crippen LogP contribution in [0.4, 0.5) is 16.2 Å². The van der Waals surface area contributed by atoms with Crippen molar-refractivity contribution in [1.29, 1.82) is 0 Å². The van der Waals surface area contributed by atoms with Gasteiger partial charge >= 0.3 is 16.9 Å². The number of aromatic nitrogens is 2. The van der Waals surface area contributed by atoms with E-state index in [1.807, 2.05) is 12.1 Å². The number of anilines is 2. The highest BCUT2D eigenvalue weighted by atomic mass is 36.0. The molecule has 1 fully saturated rings. The van der Waals surface area contributed by atoms with E-state index in [1.54, 1.807) is 109 Å². The Morgan fingerprint density at radius 2 is 0.820 bits per heavy atom. The second kappa shape index (κ2) is 19.6. The van der Waals surface area contributed by atoms with Crippen molar-refractivity contribution >= 4 is 79.7 Å². The maximum absolute atomic E-state index is 12.7. The molecule has 6 rings (SSSR count). The van der Waals surface area contributed by atoms with Gasteiger partial charge in [0.05, 0.1) is 22.7 Å². The standard InChI is InChI=1S/C16H11ClN2O2.C16H12N2O3.2CH4.Cl3OP.H2O/c17-14-11-15(20)19(13-9-5-2-6-10-13)16(21)18(14)12-7-3-1-4-8-12;19-14-11-15(20)18(13-9-5-2-6-10-13)16(21)17(14)12-7-3-1-4-8-12;;;1-5(2,3)4;/h1-11H;1-10H,11H2;2*1H4;;1H2. The Labute approximate surface area is 307 Å². The van der Waals surface area contributed by atoms with Crippen LogP contribution in [-0.4, -0.2) is 32.5 Å². The van der Waals surface area contributed by atoms with Gasteiger partial charge in [-0.15, -0.1) is 0 Å². The lowest BCUT2D eigenvalue weighted by Gasteiger charge is -2.32. The summed E-state index contributed by atoms with van der Waals surface area (Å²) in [5.41, 5.74) is 1.08. The molecule has 0 unspecified atom stereocenters. The molecule has 5 aromatic rings. The number of urea groups is 1. The average Bonchev–Trinajstić information content (AvgIpc) is 3.02. The summed E-state index contributed by atoms with van der Waals surface area (Å²) in [5, 5.41) is -3.14. The van der Waals surface area contributed by atoms with Crippen LogP contribution in [0.15, 0.2) is 137 Å². The molecule has 0 bridgehead atoms. The molecule has 2 heterocycles. The van der Waals surface area contributed by atoms with Gasteiger partial charge in [-0.25, -0.2) is 24.0 Å². The zero-order chi connectivity index (χ0) is 34.1.